The number of aromatic nitrogens is 1. The molecule has 0 fully saturated rings. The van der Waals surface area contributed by atoms with E-state index in [-0.39, 0.29) is 0 Å². The molecule has 0 aliphatic rings. The van der Waals surface area contributed by atoms with Gasteiger partial charge in [0.25, 0.3) is 0 Å². The van der Waals surface area contributed by atoms with Crippen LogP contribution < -0.4 is 8.92 Å². The lowest BCUT2D eigenvalue weighted by Gasteiger charge is -2.13. The Morgan fingerprint density at radius 3 is 2.17 bits per heavy atom. The summed E-state index contributed by atoms with van der Waals surface area (Å²) in [7, 11) is -3.62. The summed E-state index contributed by atoms with van der Waals surface area (Å²) in [5.74, 6) is -13.6. The zero-order valence-corrected chi connectivity index (χ0v) is 18.3. The minimum absolute atomic E-state index is 0.295. The van der Waals surface area contributed by atoms with E-state index in [1.165, 1.54) is 37.6 Å². The first kappa shape index (κ1) is 23.9. The molecule has 0 N–H and O–H groups in total. The second-order valence-electron chi connectivity index (χ2n) is 7.01. The number of ether oxygens (including phenoxy) is 1. The molecule has 178 valence electrons. The lowest BCUT2D eigenvalue weighted by Crippen LogP contribution is -2.14. The average Bonchev–Trinajstić information content (AvgIpc) is 2.87. The Balaban J connectivity index is 1.81. The van der Waals surface area contributed by atoms with Gasteiger partial charge in [-0.05, 0) is 41.8 Å². The van der Waals surface area contributed by atoms with E-state index in [1.807, 2.05) is 6.07 Å². The van der Waals surface area contributed by atoms with Gasteiger partial charge in [-0.15, -0.1) is 0 Å². The number of nitrogens with zero attached hydrogens (tertiary/aromatic N) is 2. The average molecular weight is 506 g/mol. The maximum atomic E-state index is 13.9. The monoisotopic (exact) mass is 506 g/mol. The van der Waals surface area contributed by atoms with E-state index in [4.69, 9.17) is 10.00 Å². The van der Waals surface area contributed by atoms with Crippen molar-refractivity contribution >= 4 is 20.9 Å². The first-order valence-electron chi connectivity index (χ1n) is 9.52. The first-order chi connectivity index (χ1) is 16.6. The van der Waals surface area contributed by atoms with Crippen molar-refractivity contribution in [2.24, 2.45) is 0 Å². The third kappa shape index (κ3) is 4.10. The summed E-state index contributed by atoms with van der Waals surface area (Å²) in [6, 6.07) is 11.5. The number of hydrogen-bond donors (Lipinski definition) is 0. The molecule has 0 saturated heterocycles. The van der Waals surface area contributed by atoms with Gasteiger partial charge in [-0.1, -0.05) is 6.07 Å². The smallest absolute Gasteiger partial charge is 0.339 e. The van der Waals surface area contributed by atoms with Crippen LogP contribution in [0.1, 0.15) is 5.56 Å². The largest absolute Gasteiger partial charge is 0.496 e. The lowest BCUT2D eigenvalue weighted by molar-refractivity contribution is 0.346. The van der Waals surface area contributed by atoms with Gasteiger partial charge >= 0.3 is 10.1 Å². The number of rotatable bonds is 5. The van der Waals surface area contributed by atoms with E-state index in [9.17, 15) is 30.4 Å². The summed E-state index contributed by atoms with van der Waals surface area (Å²) >= 11 is 0. The highest BCUT2D eigenvalue weighted by atomic mass is 32.2. The van der Waals surface area contributed by atoms with E-state index in [0.717, 1.165) is 12.1 Å². The molecule has 12 heteroatoms. The van der Waals surface area contributed by atoms with Gasteiger partial charge < -0.3 is 8.92 Å². The summed E-state index contributed by atoms with van der Waals surface area (Å²) in [6.07, 6.45) is 1.36. The standard InChI is InChI=1S/C23H11F5N2O4S/c1-33-16-8-11(10-29)2-4-15(16)22-14-5-3-13(9-12(14)6-7-30-22)35(31,32)34-23-20(27)18(25)17(24)19(26)21(23)28/h2-9H,1H3. The zero-order chi connectivity index (χ0) is 25.5. The Labute approximate surface area is 194 Å². The zero-order valence-electron chi connectivity index (χ0n) is 17.4. The molecule has 4 aromatic rings. The molecule has 0 radical (unpaired) electrons. The number of benzene rings is 3. The van der Waals surface area contributed by atoms with E-state index in [1.54, 1.807) is 6.07 Å². The van der Waals surface area contributed by atoms with Gasteiger partial charge in [0.05, 0.1) is 24.4 Å². The molecule has 0 bridgehead atoms. The maximum absolute atomic E-state index is 13.9. The number of fused-ring (bicyclic) bond motifs is 1. The SMILES string of the molecule is COc1cc(C#N)ccc1-c1nccc2cc(S(=O)(=O)Oc3c(F)c(F)c(F)c(F)c3F)ccc12. The van der Waals surface area contributed by atoms with Crippen molar-refractivity contribution in [1.29, 1.82) is 5.26 Å². The highest BCUT2D eigenvalue weighted by molar-refractivity contribution is 7.87. The minimum Gasteiger partial charge on any atom is -0.496 e. The predicted octanol–water partition coefficient (Wildman–Crippen LogP) is 5.25. The molecule has 0 aliphatic carbocycles. The Morgan fingerprint density at radius 1 is 0.886 bits per heavy atom. The van der Waals surface area contributed by atoms with Crippen LogP contribution in [0.2, 0.25) is 0 Å². The highest BCUT2D eigenvalue weighted by Gasteiger charge is 2.31. The van der Waals surface area contributed by atoms with E-state index in [2.05, 4.69) is 9.17 Å². The molecule has 0 unspecified atom stereocenters. The molecular formula is C23H11F5N2O4S. The summed E-state index contributed by atoms with van der Waals surface area (Å²) in [5, 5.41) is 9.82. The number of pyridine rings is 1. The molecule has 35 heavy (non-hydrogen) atoms. The normalized spacial score (nSPS) is 11.3. The van der Waals surface area contributed by atoms with Crippen LogP contribution in [0.15, 0.2) is 53.6 Å². The Morgan fingerprint density at radius 2 is 1.54 bits per heavy atom. The molecular weight excluding hydrogens is 495 g/mol. The summed E-state index contributed by atoms with van der Waals surface area (Å²) < 4.78 is 103. The molecule has 4 rings (SSSR count). The fourth-order valence-corrected chi connectivity index (χ4v) is 4.27. The summed E-state index contributed by atoms with van der Waals surface area (Å²) in [5.41, 5.74) is 1.20. The molecule has 3 aromatic carbocycles. The third-order valence-corrected chi connectivity index (χ3v) is 6.19. The van der Waals surface area contributed by atoms with Gasteiger partial charge in [0, 0.05) is 17.1 Å². The van der Waals surface area contributed by atoms with Crippen LogP contribution >= 0.6 is 0 Å². The fraction of sp³-hybridized carbons (Fsp3) is 0.0435. The number of halogens is 5. The predicted molar refractivity (Wildman–Crippen MR) is 112 cm³/mol. The second kappa shape index (κ2) is 8.84. The third-order valence-electron chi connectivity index (χ3n) is 4.97. The van der Waals surface area contributed by atoms with Gasteiger partial charge in [0.1, 0.15) is 10.6 Å². The molecule has 6 nitrogen and oxygen atoms in total. The van der Waals surface area contributed by atoms with Crippen LogP contribution in [0.4, 0.5) is 22.0 Å². The fourth-order valence-electron chi connectivity index (χ4n) is 3.30. The van der Waals surface area contributed by atoms with Crippen molar-refractivity contribution in [1.82, 2.24) is 4.98 Å². The van der Waals surface area contributed by atoms with Gasteiger partial charge in [0.2, 0.25) is 34.8 Å². The number of methoxy groups -OCH3 is 1. The van der Waals surface area contributed by atoms with Crippen molar-refractivity contribution < 1.29 is 39.3 Å². The molecule has 0 spiro atoms. The number of nitriles is 1. The molecule has 0 saturated carbocycles. The Kier molecular flexibility index (Phi) is 6.04. The van der Waals surface area contributed by atoms with E-state index in [0.29, 0.717) is 33.3 Å². The van der Waals surface area contributed by atoms with Gasteiger partial charge in [-0.3, -0.25) is 4.98 Å². The summed E-state index contributed by atoms with van der Waals surface area (Å²) in [4.78, 5) is 3.68. The molecule has 0 aliphatic heterocycles. The molecule has 0 atom stereocenters. The Bertz CT molecular complexity index is 1620. The van der Waals surface area contributed by atoms with Crippen molar-refractivity contribution in [3.63, 3.8) is 0 Å². The van der Waals surface area contributed by atoms with Crippen molar-refractivity contribution in [2.75, 3.05) is 7.11 Å². The Hall–Kier alpha value is -4.24. The number of hydrogen-bond acceptors (Lipinski definition) is 6. The quantitative estimate of drug-likeness (QED) is 0.159. The lowest BCUT2D eigenvalue weighted by atomic mass is 10.0. The van der Waals surface area contributed by atoms with Crippen LogP contribution in [-0.2, 0) is 10.1 Å². The van der Waals surface area contributed by atoms with Crippen molar-refractivity contribution in [3.8, 4) is 28.8 Å². The van der Waals surface area contributed by atoms with Crippen LogP contribution in [-0.4, -0.2) is 20.5 Å². The second-order valence-corrected chi connectivity index (χ2v) is 8.55. The first-order valence-corrected chi connectivity index (χ1v) is 10.9. The topological polar surface area (TPSA) is 89.3 Å². The van der Waals surface area contributed by atoms with Gasteiger partial charge in [0.15, 0.2) is 0 Å². The minimum atomic E-state index is -5.01. The van der Waals surface area contributed by atoms with E-state index >= 15 is 0 Å². The molecule has 1 aromatic heterocycles. The highest BCUT2D eigenvalue weighted by Crippen LogP contribution is 2.36. The van der Waals surface area contributed by atoms with Crippen molar-refractivity contribution in [3.05, 3.63) is 83.3 Å². The van der Waals surface area contributed by atoms with Gasteiger partial charge in [-0.2, -0.15) is 22.5 Å². The van der Waals surface area contributed by atoms with Crippen LogP contribution in [0.3, 0.4) is 0 Å². The summed E-state index contributed by atoms with van der Waals surface area (Å²) in [6.45, 7) is 0. The van der Waals surface area contributed by atoms with E-state index < -0.39 is 49.8 Å². The van der Waals surface area contributed by atoms with Gasteiger partial charge in [-0.25, -0.2) is 13.2 Å². The van der Waals surface area contributed by atoms with Crippen LogP contribution in [0.25, 0.3) is 22.0 Å². The maximum Gasteiger partial charge on any atom is 0.339 e. The van der Waals surface area contributed by atoms with Crippen LogP contribution in [0.5, 0.6) is 11.5 Å². The molecule has 0 amide bonds. The van der Waals surface area contributed by atoms with Crippen molar-refractivity contribution in [2.45, 2.75) is 4.90 Å². The van der Waals surface area contributed by atoms with Crippen LogP contribution in [0, 0.1) is 40.4 Å². The molecule has 1 heterocycles.